The predicted molar refractivity (Wildman–Crippen MR) is 112 cm³/mol. The van der Waals surface area contributed by atoms with E-state index in [0.29, 0.717) is 0 Å². The molecular formula is C18H27ClN2O7S2. The van der Waals surface area contributed by atoms with Gasteiger partial charge in [-0.2, -0.15) is 4.31 Å². The van der Waals surface area contributed by atoms with Crippen molar-refractivity contribution in [2.75, 3.05) is 25.9 Å². The van der Waals surface area contributed by atoms with Crippen molar-refractivity contribution in [3.05, 3.63) is 28.8 Å². The van der Waals surface area contributed by atoms with Crippen LogP contribution in [0.15, 0.2) is 23.1 Å². The third-order valence-electron chi connectivity index (χ3n) is 4.49. The van der Waals surface area contributed by atoms with E-state index in [1.54, 1.807) is 20.8 Å². The molecular weight excluding hydrogens is 456 g/mol. The lowest BCUT2D eigenvalue weighted by atomic mass is 9.93. The minimum Gasteiger partial charge on any atom is -0.456 e. The maximum absolute atomic E-state index is 13.2. The molecule has 1 aromatic carbocycles. The first-order valence-corrected chi connectivity index (χ1v) is 12.9. The molecule has 0 radical (unpaired) electrons. The Bertz CT molecular complexity index is 1010. The predicted octanol–water partition coefficient (Wildman–Crippen LogP) is 1.36. The maximum Gasteiger partial charge on any atom is 0.340 e. The van der Waals surface area contributed by atoms with Crippen molar-refractivity contribution in [2.45, 2.75) is 49.7 Å². The minimum atomic E-state index is -4.08. The smallest absolute Gasteiger partial charge is 0.340 e. The molecule has 1 fully saturated rings. The number of benzene rings is 1. The Morgan fingerprint density at radius 3 is 2.30 bits per heavy atom. The second-order valence-corrected chi connectivity index (χ2v) is 12.5. The molecule has 2 N–H and O–H groups in total. The number of carbonyl (C=O) groups excluding carboxylic acids is 1. The molecule has 1 aliphatic rings. The fraction of sp³-hybridized carbons (Fsp3) is 0.611. The highest BCUT2D eigenvalue weighted by Gasteiger charge is 2.39. The zero-order valence-corrected chi connectivity index (χ0v) is 19.7. The molecule has 0 bridgehead atoms. The van der Waals surface area contributed by atoms with Crippen molar-refractivity contribution in [3.63, 3.8) is 0 Å². The normalized spacial score (nSPS) is 18.2. The summed E-state index contributed by atoms with van der Waals surface area (Å²) < 4.78 is 57.7. The van der Waals surface area contributed by atoms with Gasteiger partial charge in [0, 0.05) is 24.7 Å². The van der Waals surface area contributed by atoms with Gasteiger partial charge in [0.25, 0.3) is 0 Å². The number of carbonyl (C=O) groups is 1. The molecule has 0 saturated carbocycles. The second kappa shape index (κ2) is 8.71. The first kappa shape index (κ1) is 25.0. The largest absolute Gasteiger partial charge is 0.456 e. The number of aliphatic hydroxyl groups is 1. The zero-order valence-electron chi connectivity index (χ0n) is 17.3. The van der Waals surface area contributed by atoms with Crippen LogP contribution in [0, 0.1) is 0 Å². The number of piperidine rings is 1. The van der Waals surface area contributed by atoms with Crippen LogP contribution in [0.1, 0.15) is 44.0 Å². The number of rotatable bonds is 6. The summed E-state index contributed by atoms with van der Waals surface area (Å²) in [5.41, 5.74) is -2.35. The highest BCUT2D eigenvalue weighted by atomic mass is 35.5. The van der Waals surface area contributed by atoms with E-state index in [1.807, 2.05) is 0 Å². The van der Waals surface area contributed by atoms with Crippen LogP contribution in [0.2, 0.25) is 5.02 Å². The summed E-state index contributed by atoms with van der Waals surface area (Å²) in [6.45, 7) is 4.71. The summed E-state index contributed by atoms with van der Waals surface area (Å²) in [5.74, 6) is -0.811. The molecule has 9 nitrogen and oxygen atoms in total. The Kier molecular flexibility index (Phi) is 7.27. The van der Waals surface area contributed by atoms with Crippen molar-refractivity contribution in [2.24, 2.45) is 0 Å². The third-order valence-corrected chi connectivity index (χ3v) is 7.36. The Hall–Kier alpha value is -1.24. The Morgan fingerprint density at radius 1 is 1.23 bits per heavy atom. The first-order chi connectivity index (χ1) is 13.5. The summed E-state index contributed by atoms with van der Waals surface area (Å²) in [4.78, 5) is 12.3. The number of hydrogen-bond donors (Lipinski definition) is 2. The van der Waals surface area contributed by atoms with Gasteiger partial charge in [-0.1, -0.05) is 11.6 Å². The van der Waals surface area contributed by atoms with E-state index < -0.39 is 37.2 Å². The van der Waals surface area contributed by atoms with Gasteiger partial charge in [-0.15, -0.1) is 0 Å². The SMILES string of the molecule is CC(C)(C)OC(=O)c1cc(Cl)ccc1S(=O)(=O)N1CCC(O)(CNS(C)(=O)=O)CC1. The average molecular weight is 483 g/mol. The molecule has 1 aliphatic heterocycles. The number of hydrogen-bond acceptors (Lipinski definition) is 7. The lowest BCUT2D eigenvalue weighted by molar-refractivity contribution is -0.0000293. The highest BCUT2D eigenvalue weighted by molar-refractivity contribution is 7.89. The number of esters is 1. The fourth-order valence-corrected chi connectivity index (χ4v) is 5.25. The van der Waals surface area contributed by atoms with Crippen LogP contribution in [0.25, 0.3) is 0 Å². The van der Waals surface area contributed by atoms with Crippen LogP contribution in [0.3, 0.4) is 0 Å². The van der Waals surface area contributed by atoms with Gasteiger partial charge < -0.3 is 9.84 Å². The monoisotopic (exact) mass is 482 g/mol. The lowest BCUT2D eigenvalue weighted by Gasteiger charge is -2.37. The second-order valence-electron chi connectivity index (χ2n) is 8.36. The average Bonchev–Trinajstić information content (AvgIpc) is 2.58. The van der Waals surface area contributed by atoms with Gasteiger partial charge in [0.15, 0.2) is 0 Å². The van der Waals surface area contributed by atoms with Gasteiger partial charge in [-0.3, -0.25) is 0 Å². The van der Waals surface area contributed by atoms with E-state index >= 15 is 0 Å². The molecule has 0 amide bonds. The van der Waals surface area contributed by atoms with Gasteiger partial charge in [0.1, 0.15) is 5.60 Å². The van der Waals surface area contributed by atoms with Gasteiger partial charge in [0.05, 0.1) is 22.3 Å². The zero-order chi connectivity index (χ0) is 23.0. The minimum absolute atomic E-state index is 0.0319. The van der Waals surface area contributed by atoms with Crippen molar-refractivity contribution < 1.29 is 31.5 Å². The lowest BCUT2D eigenvalue weighted by Crippen LogP contribution is -2.52. The van der Waals surface area contributed by atoms with Crippen LogP contribution in [-0.2, 0) is 24.8 Å². The standard InChI is InChI=1S/C18H27ClN2O7S2/c1-17(2,3)28-16(22)14-11-13(19)5-6-15(14)30(26,27)21-9-7-18(23,8-10-21)12-20-29(4,24)25/h5-6,11,20,23H,7-10,12H2,1-4H3. The molecule has 1 saturated heterocycles. The Morgan fingerprint density at radius 2 is 1.80 bits per heavy atom. The number of nitrogens with one attached hydrogen (secondary N) is 1. The number of halogens is 1. The number of nitrogens with zero attached hydrogens (tertiary/aromatic N) is 1. The van der Waals surface area contributed by atoms with Crippen molar-refractivity contribution >= 4 is 37.6 Å². The van der Waals surface area contributed by atoms with E-state index in [2.05, 4.69) is 4.72 Å². The van der Waals surface area contributed by atoms with Gasteiger partial charge in [-0.05, 0) is 51.8 Å². The Balaban J connectivity index is 2.26. The van der Waals surface area contributed by atoms with E-state index in [1.165, 1.54) is 18.2 Å². The number of sulfonamides is 2. The maximum atomic E-state index is 13.2. The highest BCUT2D eigenvalue weighted by Crippen LogP contribution is 2.30. The quantitative estimate of drug-likeness (QED) is 0.585. The topological polar surface area (TPSA) is 130 Å². The Labute approximate surface area is 182 Å². The van der Waals surface area contributed by atoms with Crippen LogP contribution < -0.4 is 4.72 Å². The van der Waals surface area contributed by atoms with Gasteiger partial charge >= 0.3 is 5.97 Å². The molecule has 30 heavy (non-hydrogen) atoms. The van der Waals surface area contributed by atoms with Crippen LogP contribution in [0.4, 0.5) is 0 Å². The molecule has 2 rings (SSSR count). The van der Waals surface area contributed by atoms with Crippen molar-refractivity contribution in [1.82, 2.24) is 9.03 Å². The summed E-state index contributed by atoms with van der Waals surface area (Å²) in [6, 6.07) is 3.88. The van der Waals surface area contributed by atoms with Crippen molar-refractivity contribution in [3.8, 4) is 0 Å². The number of ether oxygens (including phenoxy) is 1. The summed E-state index contributed by atoms with van der Waals surface area (Å²) in [6.07, 6.45) is 1.04. The molecule has 1 aromatic rings. The van der Waals surface area contributed by atoms with Gasteiger partial charge in [-0.25, -0.2) is 26.4 Å². The van der Waals surface area contributed by atoms with Crippen LogP contribution in [-0.4, -0.2) is 69.3 Å². The van der Waals surface area contributed by atoms with E-state index in [4.69, 9.17) is 16.3 Å². The fourth-order valence-electron chi connectivity index (χ4n) is 2.94. The summed E-state index contributed by atoms with van der Waals surface area (Å²) >= 11 is 5.97. The van der Waals surface area contributed by atoms with E-state index in [-0.39, 0.29) is 48.0 Å². The van der Waals surface area contributed by atoms with Crippen LogP contribution in [0.5, 0.6) is 0 Å². The van der Waals surface area contributed by atoms with E-state index in [0.717, 1.165) is 10.6 Å². The molecule has 0 spiro atoms. The molecule has 12 heteroatoms. The molecule has 170 valence electrons. The molecule has 0 atom stereocenters. The van der Waals surface area contributed by atoms with E-state index in [9.17, 15) is 26.7 Å². The van der Waals surface area contributed by atoms with Crippen molar-refractivity contribution in [1.29, 1.82) is 0 Å². The third kappa shape index (κ3) is 6.63. The molecule has 1 heterocycles. The molecule has 0 aromatic heterocycles. The first-order valence-electron chi connectivity index (χ1n) is 9.23. The summed E-state index contributed by atoms with van der Waals surface area (Å²) in [5, 5.41) is 10.7. The summed E-state index contributed by atoms with van der Waals surface area (Å²) in [7, 11) is -7.57. The molecule has 0 aliphatic carbocycles. The van der Waals surface area contributed by atoms with Gasteiger partial charge in [0.2, 0.25) is 20.0 Å². The van der Waals surface area contributed by atoms with Crippen LogP contribution >= 0.6 is 11.6 Å². The molecule has 0 unspecified atom stereocenters.